The number of hydrogen-bond acceptors (Lipinski definition) is 2. The van der Waals surface area contributed by atoms with Gasteiger partial charge in [-0.15, -0.1) is 0 Å². The quantitative estimate of drug-likeness (QED) is 0.815. The van der Waals surface area contributed by atoms with Crippen molar-refractivity contribution in [2.45, 2.75) is 88.0 Å². The molecule has 3 fully saturated rings. The molecule has 0 amide bonds. The topological polar surface area (TPSA) is 12.0 Å². The zero-order valence-electron chi connectivity index (χ0n) is 11.9. The van der Waals surface area contributed by atoms with Crippen LogP contribution < -0.4 is 5.32 Å². The van der Waals surface area contributed by atoms with E-state index < -0.39 is 0 Å². The van der Waals surface area contributed by atoms with Crippen LogP contribution in [-0.4, -0.2) is 23.6 Å². The Morgan fingerprint density at radius 3 is 2.28 bits per heavy atom. The molecule has 0 bridgehead atoms. The van der Waals surface area contributed by atoms with Gasteiger partial charge < -0.3 is 5.32 Å². The molecule has 3 saturated carbocycles. The molecule has 0 aliphatic heterocycles. The third-order valence-corrected chi connectivity index (χ3v) is 7.09. The standard InChI is InChI=1S/C16H29NS/c1-18-15-6-4-5-14(15)17-13-7-11-16(12-8-13)9-2-3-10-16/h13-15,17H,2-12H2,1H3. The van der Waals surface area contributed by atoms with E-state index in [9.17, 15) is 0 Å². The Balaban J connectivity index is 1.48. The van der Waals surface area contributed by atoms with E-state index in [4.69, 9.17) is 0 Å². The minimum atomic E-state index is 0.798. The molecule has 0 saturated heterocycles. The van der Waals surface area contributed by atoms with Crippen molar-refractivity contribution in [3.05, 3.63) is 0 Å². The first-order valence-corrected chi connectivity index (χ1v) is 9.39. The molecule has 0 aromatic rings. The first-order valence-electron chi connectivity index (χ1n) is 8.10. The molecule has 18 heavy (non-hydrogen) atoms. The van der Waals surface area contributed by atoms with Crippen molar-refractivity contribution >= 4 is 11.8 Å². The zero-order chi connectivity index (χ0) is 12.4. The fraction of sp³-hybridized carbons (Fsp3) is 1.00. The molecule has 104 valence electrons. The van der Waals surface area contributed by atoms with Gasteiger partial charge in [-0.05, 0) is 63.0 Å². The van der Waals surface area contributed by atoms with E-state index in [1.807, 2.05) is 0 Å². The molecular formula is C16H29NS. The van der Waals surface area contributed by atoms with Crippen molar-refractivity contribution < 1.29 is 0 Å². The summed E-state index contributed by atoms with van der Waals surface area (Å²) in [6.45, 7) is 0. The first-order chi connectivity index (χ1) is 8.81. The summed E-state index contributed by atoms with van der Waals surface area (Å²) >= 11 is 2.09. The van der Waals surface area contributed by atoms with Gasteiger partial charge >= 0.3 is 0 Å². The van der Waals surface area contributed by atoms with Gasteiger partial charge in [0.15, 0.2) is 0 Å². The van der Waals surface area contributed by atoms with Gasteiger partial charge in [0.25, 0.3) is 0 Å². The molecule has 1 nitrogen and oxygen atoms in total. The van der Waals surface area contributed by atoms with Crippen LogP contribution in [0.5, 0.6) is 0 Å². The van der Waals surface area contributed by atoms with E-state index in [0.29, 0.717) is 0 Å². The van der Waals surface area contributed by atoms with Gasteiger partial charge in [0, 0.05) is 17.3 Å². The molecule has 0 heterocycles. The van der Waals surface area contributed by atoms with Crippen molar-refractivity contribution in [2.24, 2.45) is 5.41 Å². The fourth-order valence-corrected chi connectivity index (χ4v) is 5.67. The molecular weight excluding hydrogens is 238 g/mol. The second-order valence-electron chi connectivity index (χ2n) is 6.96. The lowest BCUT2D eigenvalue weighted by Crippen LogP contribution is -2.44. The maximum absolute atomic E-state index is 4.00. The predicted molar refractivity (Wildman–Crippen MR) is 81.2 cm³/mol. The Kier molecular flexibility index (Phi) is 4.25. The molecule has 3 aliphatic carbocycles. The molecule has 2 unspecified atom stereocenters. The van der Waals surface area contributed by atoms with Crippen molar-refractivity contribution in [1.82, 2.24) is 5.32 Å². The van der Waals surface area contributed by atoms with Gasteiger partial charge in [-0.1, -0.05) is 19.3 Å². The maximum Gasteiger partial charge on any atom is 0.0198 e. The molecule has 1 N–H and O–H groups in total. The molecule has 2 atom stereocenters. The highest BCUT2D eigenvalue weighted by Gasteiger charge is 2.38. The fourth-order valence-electron chi connectivity index (χ4n) is 4.72. The molecule has 1 spiro atoms. The maximum atomic E-state index is 4.00. The summed E-state index contributed by atoms with van der Waals surface area (Å²) < 4.78 is 0. The highest BCUT2D eigenvalue weighted by atomic mass is 32.2. The third kappa shape index (κ3) is 2.75. The first kappa shape index (κ1) is 13.3. The third-order valence-electron chi connectivity index (χ3n) is 5.92. The predicted octanol–water partition coefficient (Wildman–Crippen LogP) is 4.36. The summed E-state index contributed by atoms with van der Waals surface area (Å²) in [5.41, 5.74) is 0.798. The van der Waals surface area contributed by atoms with E-state index >= 15 is 0 Å². The average molecular weight is 267 g/mol. The van der Waals surface area contributed by atoms with Crippen LogP contribution in [0.15, 0.2) is 0 Å². The molecule has 0 aromatic carbocycles. The lowest BCUT2D eigenvalue weighted by atomic mass is 9.71. The summed E-state index contributed by atoms with van der Waals surface area (Å²) in [6.07, 6.45) is 18.6. The SMILES string of the molecule is CSC1CCCC1NC1CCC2(CCCC2)CC1. The Morgan fingerprint density at radius 2 is 1.61 bits per heavy atom. The highest BCUT2D eigenvalue weighted by Crippen LogP contribution is 2.49. The summed E-state index contributed by atoms with van der Waals surface area (Å²) in [4.78, 5) is 0. The summed E-state index contributed by atoms with van der Waals surface area (Å²) in [6, 6.07) is 1.66. The second kappa shape index (κ2) is 5.75. The Bertz CT molecular complexity index is 262. The smallest absolute Gasteiger partial charge is 0.0198 e. The van der Waals surface area contributed by atoms with E-state index in [1.165, 1.54) is 70.6 Å². The van der Waals surface area contributed by atoms with Crippen molar-refractivity contribution in [3.8, 4) is 0 Å². The van der Waals surface area contributed by atoms with Crippen LogP contribution in [0.25, 0.3) is 0 Å². The van der Waals surface area contributed by atoms with Crippen LogP contribution >= 0.6 is 11.8 Å². The van der Waals surface area contributed by atoms with Crippen LogP contribution in [0.1, 0.15) is 70.6 Å². The highest BCUT2D eigenvalue weighted by molar-refractivity contribution is 7.99. The van der Waals surface area contributed by atoms with Crippen molar-refractivity contribution in [1.29, 1.82) is 0 Å². The largest absolute Gasteiger partial charge is 0.310 e. The lowest BCUT2D eigenvalue weighted by Gasteiger charge is -2.39. The number of nitrogens with one attached hydrogen (secondary N) is 1. The normalized spacial score (nSPS) is 36.5. The molecule has 3 aliphatic rings. The molecule has 0 radical (unpaired) electrons. The van der Waals surface area contributed by atoms with E-state index in [0.717, 1.165) is 22.7 Å². The van der Waals surface area contributed by atoms with E-state index in [-0.39, 0.29) is 0 Å². The van der Waals surface area contributed by atoms with Gasteiger partial charge in [-0.25, -0.2) is 0 Å². The molecule has 0 aromatic heterocycles. The monoisotopic (exact) mass is 267 g/mol. The lowest BCUT2D eigenvalue weighted by molar-refractivity contribution is 0.163. The van der Waals surface area contributed by atoms with Crippen molar-refractivity contribution in [3.63, 3.8) is 0 Å². The summed E-state index contributed by atoms with van der Waals surface area (Å²) in [5, 5.41) is 4.90. The summed E-state index contributed by atoms with van der Waals surface area (Å²) in [7, 11) is 0. The van der Waals surface area contributed by atoms with Crippen LogP contribution in [-0.2, 0) is 0 Å². The van der Waals surface area contributed by atoms with E-state index in [1.54, 1.807) is 0 Å². The minimum absolute atomic E-state index is 0.798. The number of thioether (sulfide) groups is 1. The Labute approximate surface area is 117 Å². The Hall–Kier alpha value is 0.310. The van der Waals surface area contributed by atoms with Crippen LogP contribution in [0.3, 0.4) is 0 Å². The van der Waals surface area contributed by atoms with Crippen LogP contribution in [0.2, 0.25) is 0 Å². The van der Waals surface area contributed by atoms with Crippen LogP contribution in [0, 0.1) is 5.41 Å². The number of rotatable bonds is 3. The Morgan fingerprint density at radius 1 is 0.889 bits per heavy atom. The zero-order valence-corrected chi connectivity index (χ0v) is 12.7. The van der Waals surface area contributed by atoms with Crippen LogP contribution in [0.4, 0.5) is 0 Å². The molecule has 2 heteroatoms. The second-order valence-corrected chi connectivity index (χ2v) is 8.04. The number of hydrogen-bond donors (Lipinski definition) is 1. The van der Waals surface area contributed by atoms with Gasteiger partial charge in [0.2, 0.25) is 0 Å². The average Bonchev–Trinajstić information content (AvgIpc) is 3.02. The minimum Gasteiger partial charge on any atom is -0.310 e. The van der Waals surface area contributed by atoms with Gasteiger partial charge in [0.05, 0.1) is 0 Å². The summed E-state index contributed by atoms with van der Waals surface area (Å²) in [5.74, 6) is 0. The van der Waals surface area contributed by atoms with Gasteiger partial charge in [-0.3, -0.25) is 0 Å². The van der Waals surface area contributed by atoms with E-state index in [2.05, 4.69) is 23.3 Å². The van der Waals surface area contributed by atoms with Gasteiger partial charge in [0.1, 0.15) is 0 Å². The van der Waals surface area contributed by atoms with Crippen molar-refractivity contribution in [2.75, 3.05) is 6.26 Å². The molecule has 3 rings (SSSR count). The van der Waals surface area contributed by atoms with Gasteiger partial charge in [-0.2, -0.15) is 11.8 Å².